The van der Waals surface area contributed by atoms with Gasteiger partial charge in [0.15, 0.2) is 12.2 Å². The van der Waals surface area contributed by atoms with E-state index in [1.54, 1.807) is 13.8 Å². The monoisotopic (exact) mass is 482 g/mol. The fraction of sp³-hybridized carbons (Fsp3) is 0.517. The second-order valence-corrected chi connectivity index (χ2v) is 9.37. The molecule has 6 nitrogen and oxygen atoms in total. The smallest absolute Gasteiger partial charge is 0.261 e. The summed E-state index contributed by atoms with van der Waals surface area (Å²) >= 11 is 0. The van der Waals surface area contributed by atoms with Gasteiger partial charge in [0.1, 0.15) is 11.5 Å². The van der Waals surface area contributed by atoms with Gasteiger partial charge in [-0.3, -0.25) is 9.59 Å². The summed E-state index contributed by atoms with van der Waals surface area (Å²) in [6.45, 7) is 14.2. The molecular weight excluding hydrogens is 440 g/mol. The Hall–Kier alpha value is -3.02. The summed E-state index contributed by atoms with van der Waals surface area (Å²) in [6, 6.07) is 15.4. The van der Waals surface area contributed by atoms with Gasteiger partial charge in [-0.05, 0) is 68.7 Å². The molecule has 2 amide bonds. The van der Waals surface area contributed by atoms with Crippen molar-refractivity contribution in [1.29, 1.82) is 0 Å². The summed E-state index contributed by atoms with van der Waals surface area (Å²) in [6.07, 6.45) is 0.673. The first kappa shape index (κ1) is 28.2. The molecule has 0 saturated carbocycles. The Balaban J connectivity index is 1.86. The molecule has 5 atom stereocenters. The van der Waals surface area contributed by atoms with Gasteiger partial charge in [-0.2, -0.15) is 0 Å². The lowest BCUT2D eigenvalue weighted by molar-refractivity contribution is -0.129. The topological polar surface area (TPSA) is 76.7 Å². The van der Waals surface area contributed by atoms with Gasteiger partial charge in [-0.15, -0.1) is 0 Å². The third-order valence-electron chi connectivity index (χ3n) is 6.44. The normalized spacial score (nSPS) is 15.3. The van der Waals surface area contributed by atoms with Gasteiger partial charge in [0.2, 0.25) is 0 Å². The number of carbonyl (C=O) groups is 2. The van der Waals surface area contributed by atoms with E-state index in [4.69, 9.17) is 9.47 Å². The van der Waals surface area contributed by atoms with Crippen LogP contribution in [-0.4, -0.2) is 36.6 Å². The molecule has 2 aromatic carbocycles. The summed E-state index contributed by atoms with van der Waals surface area (Å²) in [7, 11) is 0. The molecule has 192 valence electrons. The maximum Gasteiger partial charge on any atom is 0.261 e. The van der Waals surface area contributed by atoms with Crippen LogP contribution in [0.1, 0.15) is 84.3 Å². The molecule has 5 unspecified atom stereocenters. The number of amides is 2. The third-order valence-corrected chi connectivity index (χ3v) is 6.44. The lowest BCUT2D eigenvalue weighted by atomic mass is 9.98. The minimum Gasteiger partial charge on any atom is -0.481 e. The van der Waals surface area contributed by atoms with Gasteiger partial charge in [0, 0.05) is 12.6 Å². The molecule has 2 aromatic rings. The Kier molecular flexibility index (Phi) is 11.1. The van der Waals surface area contributed by atoms with Crippen LogP contribution < -0.4 is 20.1 Å². The standard InChI is InChI=1S/C29H42N2O4/c1-8-19(3)24-14-10-12-16-26(24)34-22(6)28(32)30-18-21(5)31-29(33)23(7)35-27-17-13-11-15-25(27)20(4)9-2/h10-17,19-23H,8-9,18H2,1-7H3,(H,30,32)(H,31,33). The van der Waals surface area contributed by atoms with Crippen LogP contribution in [0.4, 0.5) is 0 Å². The molecule has 0 aliphatic heterocycles. The fourth-order valence-corrected chi connectivity index (χ4v) is 3.73. The van der Waals surface area contributed by atoms with Crippen LogP contribution in [0.2, 0.25) is 0 Å². The lowest BCUT2D eigenvalue weighted by Crippen LogP contribution is -2.48. The summed E-state index contributed by atoms with van der Waals surface area (Å²) in [5, 5.41) is 5.79. The van der Waals surface area contributed by atoms with Gasteiger partial charge < -0.3 is 20.1 Å². The molecule has 0 aliphatic rings. The Morgan fingerprint density at radius 2 is 1.14 bits per heavy atom. The van der Waals surface area contributed by atoms with Crippen molar-refractivity contribution >= 4 is 11.8 Å². The van der Waals surface area contributed by atoms with E-state index in [0.717, 1.165) is 35.5 Å². The van der Waals surface area contributed by atoms with Crippen molar-refractivity contribution in [3.63, 3.8) is 0 Å². The second-order valence-electron chi connectivity index (χ2n) is 9.37. The van der Waals surface area contributed by atoms with Gasteiger partial charge >= 0.3 is 0 Å². The third kappa shape index (κ3) is 8.30. The highest BCUT2D eigenvalue weighted by Crippen LogP contribution is 2.30. The quantitative estimate of drug-likeness (QED) is 0.391. The predicted octanol–water partition coefficient (Wildman–Crippen LogP) is 5.57. The van der Waals surface area contributed by atoms with Crippen molar-refractivity contribution in [3.05, 3.63) is 59.7 Å². The molecular formula is C29H42N2O4. The van der Waals surface area contributed by atoms with E-state index in [1.807, 2.05) is 55.5 Å². The van der Waals surface area contributed by atoms with E-state index < -0.39 is 12.2 Å². The Morgan fingerprint density at radius 1 is 0.714 bits per heavy atom. The first-order valence-corrected chi connectivity index (χ1v) is 12.8. The summed E-state index contributed by atoms with van der Waals surface area (Å²) < 4.78 is 12.0. The van der Waals surface area contributed by atoms with Crippen LogP contribution >= 0.6 is 0 Å². The van der Waals surface area contributed by atoms with E-state index in [0.29, 0.717) is 18.4 Å². The first-order chi connectivity index (χ1) is 16.7. The van der Waals surface area contributed by atoms with Gasteiger partial charge in [0.05, 0.1) is 0 Å². The number of hydrogen-bond donors (Lipinski definition) is 2. The Bertz CT molecular complexity index is 961. The van der Waals surface area contributed by atoms with Crippen molar-refractivity contribution in [2.45, 2.75) is 91.4 Å². The first-order valence-electron chi connectivity index (χ1n) is 12.8. The molecule has 35 heavy (non-hydrogen) atoms. The van der Waals surface area contributed by atoms with Crippen LogP contribution in [-0.2, 0) is 9.59 Å². The summed E-state index contributed by atoms with van der Waals surface area (Å²) in [5.41, 5.74) is 2.19. The molecule has 0 radical (unpaired) electrons. The van der Waals surface area contributed by atoms with E-state index in [9.17, 15) is 9.59 Å². The number of ether oxygens (including phenoxy) is 2. The number of hydrogen-bond acceptors (Lipinski definition) is 4. The van der Waals surface area contributed by atoms with Crippen molar-refractivity contribution < 1.29 is 19.1 Å². The van der Waals surface area contributed by atoms with Crippen LogP contribution in [0.3, 0.4) is 0 Å². The molecule has 0 aliphatic carbocycles. The molecule has 0 saturated heterocycles. The number of benzene rings is 2. The SMILES string of the molecule is CCC(C)c1ccccc1OC(C)C(=O)NCC(C)NC(=O)C(C)Oc1ccccc1C(C)CC. The minimum absolute atomic E-state index is 0.225. The Morgan fingerprint density at radius 3 is 1.60 bits per heavy atom. The molecule has 0 spiro atoms. The molecule has 0 fully saturated rings. The van der Waals surface area contributed by atoms with Gasteiger partial charge in [0.25, 0.3) is 11.8 Å². The molecule has 0 bridgehead atoms. The number of para-hydroxylation sites is 2. The van der Waals surface area contributed by atoms with Crippen molar-refractivity contribution in [1.82, 2.24) is 10.6 Å². The van der Waals surface area contributed by atoms with E-state index >= 15 is 0 Å². The summed E-state index contributed by atoms with van der Waals surface area (Å²) in [5.74, 6) is 1.70. The highest BCUT2D eigenvalue weighted by molar-refractivity contribution is 5.82. The zero-order valence-electron chi connectivity index (χ0n) is 22.3. The fourth-order valence-electron chi connectivity index (χ4n) is 3.73. The largest absolute Gasteiger partial charge is 0.481 e. The summed E-state index contributed by atoms with van der Waals surface area (Å²) in [4.78, 5) is 25.3. The van der Waals surface area contributed by atoms with E-state index in [1.165, 1.54) is 0 Å². The molecule has 2 N–H and O–H groups in total. The van der Waals surface area contributed by atoms with Crippen LogP contribution in [0, 0.1) is 0 Å². The second kappa shape index (κ2) is 13.8. The highest BCUT2D eigenvalue weighted by Gasteiger charge is 2.21. The molecule has 0 aromatic heterocycles. The van der Waals surface area contributed by atoms with E-state index in [2.05, 4.69) is 38.3 Å². The zero-order chi connectivity index (χ0) is 26.0. The predicted molar refractivity (Wildman–Crippen MR) is 141 cm³/mol. The zero-order valence-corrected chi connectivity index (χ0v) is 22.3. The number of carbonyl (C=O) groups excluding carboxylic acids is 2. The maximum absolute atomic E-state index is 12.7. The lowest BCUT2D eigenvalue weighted by Gasteiger charge is -2.22. The minimum atomic E-state index is -0.655. The number of rotatable bonds is 13. The van der Waals surface area contributed by atoms with Gasteiger partial charge in [-0.1, -0.05) is 64.1 Å². The van der Waals surface area contributed by atoms with Crippen molar-refractivity contribution in [2.75, 3.05) is 6.54 Å². The molecule has 6 heteroatoms. The van der Waals surface area contributed by atoms with Crippen LogP contribution in [0.25, 0.3) is 0 Å². The maximum atomic E-state index is 12.7. The molecule has 2 rings (SSSR count). The van der Waals surface area contributed by atoms with Crippen molar-refractivity contribution in [3.8, 4) is 11.5 Å². The van der Waals surface area contributed by atoms with Gasteiger partial charge in [-0.25, -0.2) is 0 Å². The molecule has 0 heterocycles. The Labute approximate surface area is 210 Å². The average Bonchev–Trinajstić information content (AvgIpc) is 2.86. The van der Waals surface area contributed by atoms with Crippen LogP contribution in [0.15, 0.2) is 48.5 Å². The number of nitrogens with one attached hydrogen (secondary N) is 2. The average molecular weight is 483 g/mol. The van der Waals surface area contributed by atoms with E-state index in [-0.39, 0.29) is 17.9 Å². The van der Waals surface area contributed by atoms with Crippen LogP contribution in [0.5, 0.6) is 11.5 Å². The van der Waals surface area contributed by atoms with Crippen molar-refractivity contribution in [2.24, 2.45) is 0 Å². The highest BCUT2D eigenvalue weighted by atomic mass is 16.5.